The first-order valence-corrected chi connectivity index (χ1v) is 11.3. The van der Waals surface area contributed by atoms with Crippen LogP contribution in [0.5, 0.6) is 0 Å². The Morgan fingerprint density at radius 1 is 1.05 bits per heavy atom. The standard InChI is InChI=1S/C27H20F2N6O2/c28-21-9-7-17(13-22(21)29)33-25-5-1-4-23(34-25)27(37)31-10-2-3-16-6-8-19-20(12-18-14-30-15-32-18)26(36)35-24(19)11-16/h1-9,11-15H,10H2,(H,30,32)(H,31,37)(H,33,34)(H,35,36)/b3-2+,20-12?. The van der Waals surface area contributed by atoms with Crippen molar-refractivity contribution in [3.8, 4) is 0 Å². The lowest BCUT2D eigenvalue weighted by Crippen LogP contribution is -2.24. The summed E-state index contributed by atoms with van der Waals surface area (Å²) in [5.41, 5.74) is 4.12. The van der Waals surface area contributed by atoms with Crippen LogP contribution in [-0.2, 0) is 4.79 Å². The van der Waals surface area contributed by atoms with Crippen molar-refractivity contribution < 1.29 is 18.4 Å². The van der Waals surface area contributed by atoms with Crippen LogP contribution in [0.15, 0.2) is 73.2 Å². The van der Waals surface area contributed by atoms with E-state index in [-0.39, 0.29) is 18.1 Å². The van der Waals surface area contributed by atoms with Crippen LogP contribution in [0.2, 0.25) is 0 Å². The Morgan fingerprint density at radius 2 is 1.95 bits per heavy atom. The van der Waals surface area contributed by atoms with Crippen LogP contribution < -0.4 is 16.0 Å². The second-order valence-corrected chi connectivity index (χ2v) is 8.10. The number of pyridine rings is 1. The number of hydrogen-bond acceptors (Lipinski definition) is 5. The van der Waals surface area contributed by atoms with Gasteiger partial charge in [0.25, 0.3) is 11.8 Å². The van der Waals surface area contributed by atoms with Gasteiger partial charge < -0.3 is 20.9 Å². The predicted octanol–water partition coefficient (Wildman–Crippen LogP) is 4.76. The molecule has 4 N–H and O–H groups in total. The zero-order valence-electron chi connectivity index (χ0n) is 19.3. The van der Waals surface area contributed by atoms with Crippen LogP contribution in [0, 0.1) is 11.6 Å². The van der Waals surface area contributed by atoms with Crippen molar-refractivity contribution in [2.45, 2.75) is 0 Å². The Kier molecular flexibility index (Phi) is 6.54. The highest BCUT2D eigenvalue weighted by Crippen LogP contribution is 2.33. The molecule has 184 valence electrons. The molecule has 0 fully saturated rings. The number of aromatic amines is 1. The number of halogens is 2. The average Bonchev–Trinajstić information content (AvgIpc) is 3.52. The van der Waals surface area contributed by atoms with Gasteiger partial charge in [-0.2, -0.15) is 0 Å². The molecule has 2 aromatic carbocycles. The molecule has 0 saturated heterocycles. The zero-order valence-corrected chi connectivity index (χ0v) is 19.3. The molecule has 4 aromatic rings. The second-order valence-electron chi connectivity index (χ2n) is 8.10. The molecule has 0 aliphatic carbocycles. The fraction of sp³-hybridized carbons (Fsp3) is 0.0370. The van der Waals surface area contributed by atoms with Crippen LogP contribution in [0.4, 0.5) is 26.0 Å². The van der Waals surface area contributed by atoms with Gasteiger partial charge in [-0.1, -0.05) is 30.4 Å². The summed E-state index contributed by atoms with van der Waals surface area (Å²) in [6, 6.07) is 13.8. The minimum absolute atomic E-state index is 0.165. The summed E-state index contributed by atoms with van der Waals surface area (Å²) >= 11 is 0. The molecule has 2 aromatic heterocycles. The maximum atomic E-state index is 13.4. The van der Waals surface area contributed by atoms with E-state index < -0.39 is 17.5 Å². The van der Waals surface area contributed by atoms with Gasteiger partial charge in [-0.15, -0.1) is 0 Å². The maximum absolute atomic E-state index is 13.4. The number of rotatable bonds is 7. The number of benzene rings is 2. The molecule has 1 aliphatic heterocycles. The lowest BCUT2D eigenvalue weighted by atomic mass is 10.0. The topological polar surface area (TPSA) is 112 Å². The van der Waals surface area contributed by atoms with E-state index in [2.05, 4.69) is 30.9 Å². The van der Waals surface area contributed by atoms with Crippen molar-refractivity contribution in [3.05, 3.63) is 107 Å². The molecular formula is C27H20F2N6O2. The normalized spacial score (nSPS) is 13.6. The van der Waals surface area contributed by atoms with E-state index in [9.17, 15) is 18.4 Å². The third-order valence-electron chi connectivity index (χ3n) is 5.51. The first-order chi connectivity index (χ1) is 18.0. The van der Waals surface area contributed by atoms with Gasteiger partial charge in [0.2, 0.25) is 0 Å². The van der Waals surface area contributed by atoms with E-state index in [1.54, 1.807) is 42.9 Å². The summed E-state index contributed by atoms with van der Waals surface area (Å²) in [6.07, 6.45) is 8.54. The SMILES string of the molecule is O=C1Nc2cc(/C=C/CNC(=O)c3cccc(Nc4ccc(F)c(F)c4)n3)ccc2C1=Cc1cnc[nH]1. The Labute approximate surface area is 210 Å². The minimum atomic E-state index is -0.984. The van der Waals surface area contributed by atoms with Gasteiger partial charge in [-0.25, -0.2) is 18.7 Å². The van der Waals surface area contributed by atoms with Crippen molar-refractivity contribution in [3.63, 3.8) is 0 Å². The van der Waals surface area contributed by atoms with Crippen molar-refractivity contribution in [2.24, 2.45) is 0 Å². The fourth-order valence-corrected chi connectivity index (χ4v) is 3.75. The first-order valence-electron chi connectivity index (χ1n) is 11.3. The number of nitrogens with zero attached hydrogens (tertiary/aromatic N) is 2. The van der Waals surface area contributed by atoms with E-state index >= 15 is 0 Å². The summed E-state index contributed by atoms with van der Waals surface area (Å²) in [4.78, 5) is 36.0. The van der Waals surface area contributed by atoms with E-state index in [4.69, 9.17) is 0 Å². The number of hydrogen-bond donors (Lipinski definition) is 4. The Balaban J connectivity index is 1.19. The molecule has 0 saturated carbocycles. The molecule has 0 unspecified atom stereocenters. The van der Waals surface area contributed by atoms with Crippen LogP contribution >= 0.6 is 0 Å². The molecule has 0 spiro atoms. The van der Waals surface area contributed by atoms with Gasteiger partial charge in [0, 0.05) is 29.5 Å². The van der Waals surface area contributed by atoms with E-state index in [0.29, 0.717) is 22.8 Å². The number of carbonyl (C=O) groups is 2. The second kappa shape index (κ2) is 10.2. The van der Waals surface area contributed by atoms with E-state index in [1.807, 2.05) is 24.3 Å². The quantitative estimate of drug-likeness (QED) is 0.275. The number of aromatic nitrogens is 3. The van der Waals surface area contributed by atoms with Gasteiger partial charge in [0.15, 0.2) is 11.6 Å². The van der Waals surface area contributed by atoms with Crippen LogP contribution in [0.3, 0.4) is 0 Å². The van der Waals surface area contributed by atoms with Crippen LogP contribution in [-0.4, -0.2) is 33.3 Å². The number of anilines is 3. The number of amides is 2. The van der Waals surface area contributed by atoms with E-state index in [0.717, 1.165) is 29.0 Å². The van der Waals surface area contributed by atoms with Crippen molar-refractivity contribution >= 4 is 46.7 Å². The van der Waals surface area contributed by atoms with Gasteiger partial charge in [-0.3, -0.25) is 9.59 Å². The molecular weight excluding hydrogens is 478 g/mol. The lowest BCUT2D eigenvalue weighted by Gasteiger charge is -2.08. The molecule has 2 amide bonds. The molecule has 1 aliphatic rings. The fourth-order valence-electron chi connectivity index (χ4n) is 3.75. The Bertz CT molecular complexity index is 1550. The van der Waals surface area contributed by atoms with Crippen LogP contribution in [0.25, 0.3) is 17.7 Å². The molecule has 0 atom stereocenters. The number of H-pyrrole nitrogens is 1. The molecule has 37 heavy (non-hydrogen) atoms. The number of fused-ring (bicyclic) bond motifs is 1. The third-order valence-corrected chi connectivity index (χ3v) is 5.51. The van der Waals surface area contributed by atoms with Crippen molar-refractivity contribution in [1.29, 1.82) is 0 Å². The van der Waals surface area contributed by atoms with Crippen molar-refractivity contribution in [1.82, 2.24) is 20.3 Å². The third kappa shape index (κ3) is 5.43. The monoisotopic (exact) mass is 498 g/mol. The number of nitrogens with one attached hydrogen (secondary N) is 4. The first kappa shape index (κ1) is 23.6. The minimum Gasteiger partial charge on any atom is -0.347 e. The maximum Gasteiger partial charge on any atom is 0.270 e. The highest BCUT2D eigenvalue weighted by atomic mass is 19.2. The molecule has 0 bridgehead atoms. The smallest absolute Gasteiger partial charge is 0.270 e. The molecule has 3 heterocycles. The Morgan fingerprint density at radius 3 is 2.76 bits per heavy atom. The van der Waals surface area contributed by atoms with Gasteiger partial charge in [0.1, 0.15) is 11.5 Å². The van der Waals surface area contributed by atoms with Gasteiger partial charge in [-0.05, 0) is 42.0 Å². The Hall–Kier alpha value is -5.12. The van der Waals surface area contributed by atoms with E-state index in [1.165, 1.54) is 6.07 Å². The van der Waals surface area contributed by atoms with Gasteiger partial charge >= 0.3 is 0 Å². The van der Waals surface area contributed by atoms with Crippen LogP contribution in [0.1, 0.15) is 27.3 Å². The summed E-state index contributed by atoms with van der Waals surface area (Å²) in [5.74, 6) is -2.20. The molecule has 5 rings (SSSR count). The summed E-state index contributed by atoms with van der Waals surface area (Å²) in [6.45, 7) is 0.246. The summed E-state index contributed by atoms with van der Waals surface area (Å²) in [7, 11) is 0. The lowest BCUT2D eigenvalue weighted by molar-refractivity contribution is -0.110. The highest BCUT2D eigenvalue weighted by Gasteiger charge is 2.24. The molecule has 8 nitrogen and oxygen atoms in total. The average molecular weight is 498 g/mol. The molecule has 0 radical (unpaired) electrons. The van der Waals surface area contributed by atoms with Crippen molar-refractivity contribution in [2.75, 3.05) is 17.2 Å². The predicted molar refractivity (Wildman–Crippen MR) is 137 cm³/mol. The van der Waals surface area contributed by atoms with Gasteiger partial charge in [0.05, 0.1) is 23.8 Å². The molecule has 10 heteroatoms. The zero-order chi connectivity index (χ0) is 25.8. The number of imidazole rings is 1. The number of carbonyl (C=O) groups excluding carboxylic acids is 2. The summed E-state index contributed by atoms with van der Waals surface area (Å²) < 4.78 is 26.5. The largest absolute Gasteiger partial charge is 0.347 e. The summed E-state index contributed by atoms with van der Waals surface area (Å²) in [5, 5.41) is 8.46. The highest BCUT2D eigenvalue weighted by molar-refractivity contribution is 6.34.